The predicted octanol–water partition coefficient (Wildman–Crippen LogP) is 3.30. The summed E-state index contributed by atoms with van der Waals surface area (Å²) in [6, 6.07) is 14.8. The van der Waals surface area contributed by atoms with Crippen LogP contribution in [0.2, 0.25) is 0 Å². The van der Waals surface area contributed by atoms with E-state index in [-0.39, 0.29) is 11.8 Å². The number of hydrogen-bond acceptors (Lipinski definition) is 4. The molecule has 152 valence electrons. The van der Waals surface area contributed by atoms with E-state index in [1.807, 2.05) is 37.3 Å². The number of nitrogens with one attached hydrogen (secondary N) is 1. The molecule has 6 nitrogen and oxygen atoms in total. The Balaban J connectivity index is 1.93. The molecule has 0 spiro atoms. The number of ether oxygens (including phenoxy) is 1. The second kappa shape index (κ2) is 8.47. The second-order valence-electron chi connectivity index (χ2n) is 7.43. The standard InChI is InChI=1S/C23H26N2O4/c1-16-9-10-18(21(27)29-3)15-20(16)24-22(28)23(19-7-5-4-6-8-19)11-13-25(14-12-23)17(2)26/h4-10,15H,11-14H2,1-3H3,(H,24,28). The molecule has 0 bridgehead atoms. The summed E-state index contributed by atoms with van der Waals surface area (Å²) in [6.45, 7) is 4.49. The van der Waals surface area contributed by atoms with Gasteiger partial charge in [0.1, 0.15) is 0 Å². The number of nitrogens with zero attached hydrogens (tertiary/aromatic N) is 1. The fourth-order valence-electron chi connectivity index (χ4n) is 3.85. The Hall–Kier alpha value is -3.15. The molecule has 0 saturated carbocycles. The molecule has 0 radical (unpaired) electrons. The van der Waals surface area contributed by atoms with Gasteiger partial charge in [-0.25, -0.2) is 4.79 Å². The molecule has 0 atom stereocenters. The van der Waals surface area contributed by atoms with E-state index in [2.05, 4.69) is 5.32 Å². The maximum absolute atomic E-state index is 13.5. The van der Waals surface area contributed by atoms with E-state index in [0.717, 1.165) is 11.1 Å². The van der Waals surface area contributed by atoms with Crippen LogP contribution in [0.4, 0.5) is 5.69 Å². The third-order valence-corrected chi connectivity index (χ3v) is 5.73. The molecule has 1 saturated heterocycles. The van der Waals surface area contributed by atoms with E-state index >= 15 is 0 Å². The van der Waals surface area contributed by atoms with Gasteiger partial charge in [-0.2, -0.15) is 0 Å². The number of hydrogen-bond donors (Lipinski definition) is 1. The Bertz CT molecular complexity index is 916. The van der Waals surface area contributed by atoms with Gasteiger partial charge in [-0.1, -0.05) is 36.4 Å². The monoisotopic (exact) mass is 394 g/mol. The number of rotatable bonds is 4. The number of benzene rings is 2. The third-order valence-electron chi connectivity index (χ3n) is 5.73. The van der Waals surface area contributed by atoms with Gasteiger partial charge in [0.05, 0.1) is 18.1 Å². The predicted molar refractivity (Wildman–Crippen MR) is 111 cm³/mol. The van der Waals surface area contributed by atoms with Gasteiger partial charge in [-0.15, -0.1) is 0 Å². The minimum Gasteiger partial charge on any atom is -0.465 e. The number of likely N-dealkylation sites (tertiary alicyclic amines) is 1. The Morgan fingerprint density at radius 2 is 1.69 bits per heavy atom. The topological polar surface area (TPSA) is 75.7 Å². The van der Waals surface area contributed by atoms with E-state index < -0.39 is 11.4 Å². The molecule has 2 aromatic rings. The average molecular weight is 394 g/mol. The molecule has 6 heteroatoms. The number of carbonyl (C=O) groups is 3. The van der Waals surface area contributed by atoms with Crippen LogP contribution in [-0.4, -0.2) is 42.9 Å². The lowest BCUT2D eigenvalue weighted by Crippen LogP contribution is -2.50. The second-order valence-corrected chi connectivity index (χ2v) is 7.43. The number of anilines is 1. The third kappa shape index (κ3) is 4.16. The molecule has 1 N–H and O–H groups in total. The highest BCUT2D eigenvalue weighted by Gasteiger charge is 2.43. The molecule has 2 amide bonds. The molecule has 29 heavy (non-hydrogen) atoms. The van der Waals surface area contributed by atoms with Crippen LogP contribution in [0.5, 0.6) is 0 Å². The highest BCUT2D eigenvalue weighted by Crippen LogP contribution is 2.37. The van der Waals surface area contributed by atoms with Crippen molar-refractivity contribution in [2.24, 2.45) is 0 Å². The van der Waals surface area contributed by atoms with Gasteiger partial charge in [-0.05, 0) is 43.0 Å². The summed E-state index contributed by atoms with van der Waals surface area (Å²) >= 11 is 0. The Labute approximate surface area is 170 Å². The van der Waals surface area contributed by atoms with Crippen molar-refractivity contribution in [2.75, 3.05) is 25.5 Å². The number of methoxy groups -OCH3 is 1. The summed E-state index contributed by atoms with van der Waals surface area (Å²) in [5.41, 5.74) is 2.02. The van der Waals surface area contributed by atoms with Crippen LogP contribution in [0.3, 0.4) is 0 Å². The van der Waals surface area contributed by atoms with Gasteiger partial charge in [0, 0.05) is 25.7 Å². The minimum absolute atomic E-state index is 0.0219. The highest BCUT2D eigenvalue weighted by molar-refractivity contribution is 6.01. The molecule has 2 aromatic carbocycles. The summed E-state index contributed by atoms with van der Waals surface area (Å²) in [5.74, 6) is -0.557. The quantitative estimate of drug-likeness (QED) is 0.808. The van der Waals surface area contributed by atoms with Crippen molar-refractivity contribution >= 4 is 23.5 Å². The van der Waals surface area contributed by atoms with E-state index in [0.29, 0.717) is 37.2 Å². The van der Waals surface area contributed by atoms with Gasteiger partial charge in [0.25, 0.3) is 0 Å². The average Bonchev–Trinajstić information content (AvgIpc) is 2.75. The number of amides is 2. The van der Waals surface area contributed by atoms with Crippen LogP contribution in [-0.2, 0) is 19.7 Å². The summed E-state index contributed by atoms with van der Waals surface area (Å²) < 4.78 is 4.79. The Morgan fingerprint density at radius 3 is 2.28 bits per heavy atom. The molecule has 0 unspecified atom stereocenters. The number of piperidine rings is 1. The maximum Gasteiger partial charge on any atom is 0.337 e. The Kier molecular flexibility index (Phi) is 6.01. The van der Waals surface area contributed by atoms with Crippen LogP contribution in [0.25, 0.3) is 0 Å². The largest absolute Gasteiger partial charge is 0.465 e. The van der Waals surface area contributed by atoms with Crippen molar-refractivity contribution in [3.63, 3.8) is 0 Å². The molecule has 1 fully saturated rings. The van der Waals surface area contributed by atoms with Gasteiger partial charge in [0.15, 0.2) is 0 Å². The first kappa shape index (κ1) is 20.6. The van der Waals surface area contributed by atoms with Crippen molar-refractivity contribution in [2.45, 2.75) is 32.1 Å². The zero-order chi connectivity index (χ0) is 21.0. The van der Waals surface area contributed by atoms with Gasteiger partial charge in [-0.3, -0.25) is 9.59 Å². The molecular formula is C23H26N2O4. The molecule has 3 rings (SSSR count). The molecule has 1 aliphatic rings. The SMILES string of the molecule is COC(=O)c1ccc(C)c(NC(=O)C2(c3ccccc3)CCN(C(C)=O)CC2)c1. The molecular weight excluding hydrogens is 368 g/mol. The van der Waals surface area contributed by atoms with Crippen molar-refractivity contribution in [1.29, 1.82) is 0 Å². The summed E-state index contributed by atoms with van der Waals surface area (Å²) in [4.78, 5) is 39.0. The van der Waals surface area contributed by atoms with Crippen LogP contribution in [0, 0.1) is 6.92 Å². The lowest BCUT2D eigenvalue weighted by molar-refractivity contribution is -0.133. The number of aryl methyl sites for hydroxylation is 1. The first-order valence-electron chi connectivity index (χ1n) is 9.69. The zero-order valence-corrected chi connectivity index (χ0v) is 17.0. The molecule has 1 heterocycles. The van der Waals surface area contributed by atoms with Gasteiger partial charge >= 0.3 is 5.97 Å². The van der Waals surface area contributed by atoms with Crippen LogP contribution >= 0.6 is 0 Å². The van der Waals surface area contributed by atoms with Crippen LogP contribution in [0.15, 0.2) is 48.5 Å². The molecule has 0 aliphatic carbocycles. The van der Waals surface area contributed by atoms with Crippen molar-refractivity contribution in [3.05, 3.63) is 65.2 Å². The summed E-state index contributed by atoms with van der Waals surface area (Å²) in [5, 5.41) is 3.03. The van der Waals surface area contributed by atoms with Crippen LogP contribution < -0.4 is 5.32 Å². The van der Waals surface area contributed by atoms with Crippen LogP contribution in [0.1, 0.15) is 41.3 Å². The van der Waals surface area contributed by atoms with E-state index in [1.54, 1.807) is 30.0 Å². The van der Waals surface area contributed by atoms with Gasteiger partial charge < -0.3 is 15.0 Å². The first-order chi connectivity index (χ1) is 13.9. The van der Waals surface area contributed by atoms with Crippen molar-refractivity contribution in [3.8, 4) is 0 Å². The Morgan fingerprint density at radius 1 is 1.03 bits per heavy atom. The summed E-state index contributed by atoms with van der Waals surface area (Å²) in [6.07, 6.45) is 1.08. The van der Waals surface area contributed by atoms with E-state index in [4.69, 9.17) is 4.74 Å². The highest BCUT2D eigenvalue weighted by atomic mass is 16.5. The number of esters is 1. The molecule has 0 aromatic heterocycles. The maximum atomic E-state index is 13.5. The fourth-order valence-corrected chi connectivity index (χ4v) is 3.85. The van der Waals surface area contributed by atoms with Gasteiger partial charge in [0.2, 0.25) is 11.8 Å². The van der Waals surface area contributed by atoms with E-state index in [1.165, 1.54) is 7.11 Å². The minimum atomic E-state index is -0.735. The summed E-state index contributed by atoms with van der Waals surface area (Å²) in [7, 11) is 1.33. The normalized spacial score (nSPS) is 15.5. The first-order valence-corrected chi connectivity index (χ1v) is 9.69. The lowest BCUT2D eigenvalue weighted by atomic mass is 9.72. The van der Waals surface area contributed by atoms with Crippen molar-refractivity contribution in [1.82, 2.24) is 4.90 Å². The lowest BCUT2D eigenvalue weighted by Gasteiger charge is -2.41. The number of carbonyl (C=O) groups excluding carboxylic acids is 3. The van der Waals surface area contributed by atoms with Crippen molar-refractivity contribution < 1.29 is 19.1 Å². The van der Waals surface area contributed by atoms with E-state index in [9.17, 15) is 14.4 Å². The molecule has 1 aliphatic heterocycles. The zero-order valence-electron chi connectivity index (χ0n) is 17.0. The smallest absolute Gasteiger partial charge is 0.337 e. The fraction of sp³-hybridized carbons (Fsp3) is 0.348.